The predicted molar refractivity (Wildman–Crippen MR) is 73.4 cm³/mol. The maximum absolute atomic E-state index is 14.2. The van der Waals surface area contributed by atoms with Gasteiger partial charge in [-0.25, -0.2) is 4.39 Å². The monoisotopic (exact) mass is 350 g/mol. The molecule has 0 aromatic heterocycles. The fourth-order valence-electron chi connectivity index (χ4n) is 2.35. The van der Waals surface area contributed by atoms with Crippen LogP contribution in [0.15, 0.2) is 48.5 Å². The average Bonchev–Trinajstić information content (AvgIpc) is 2.53. The van der Waals surface area contributed by atoms with Gasteiger partial charge in [-0.15, -0.1) is 0 Å². The van der Waals surface area contributed by atoms with Gasteiger partial charge >= 0.3 is 12.1 Å². The van der Waals surface area contributed by atoms with Crippen LogP contribution in [-0.4, -0.2) is 24.3 Å². The Balaban J connectivity index is 2.82. The highest BCUT2D eigenvalue weighted by molar-refractivity contribution is 5.47. The molecule has 0 saturated carbocycles. The lowest BCUT2D eigenvalue weighted by atomic mass is 9.80. The van der Waals surface area contributed by atoms with E-state index in [2.05, 4.69) is 0 Å². The van der Waals surface area contributed by atoms with Gasteiger partial charge in [0.25, 0.3) is 0 Å². The summed E-state index contributed by atoms with van der Waals surface area (Å²) in [5.74, 6) is -6.78. The minimum absolute atomic E-state index is 0.367. The molecule has 1 N–H and O–H groups in total. The Kier molecular flexibility index (Phi) is 4.54. The zero-order valence-corrected chi connectivity index (χ0v) is 12.2. The van der Waals surface area contributed by atoms with Crippen molar-refractivity contribution < 1.29 is 36.2 Å². The highest BCUT2D eigenvalue weighted by Gasteiger charge is 2.71. The first-order valence-corrected chi connectivity index (χ1v) is 6.62. The van der Waals surface area contributed by atoms with Crippen LogP contribution >= 0.6 is 0 Å². The second-order valence-corrected chi connectivity index (χ2v) is 4.99. The Bertz CT molecular complexity index is 711. The first-order chi connectivity index (χ1) is 11.1. The third kappa shape index (κ3) is 2.71. The molecule has 0 fully saturated rings. The molecule has 24 heavy (non-hydrogen) atoms. The molecule has 2 aromatic rings. The number of hydrogen-bond donors (Lipinski definition) is 1. The predicted octanol–water partition coefficient (Wildman–Crippen LogP) is 4.27. The number of aliphatic hydroxyl groups is 1. The normalized spacial score (nSPS) is 15.0. The Labute approximate surface area is 133 Å². The minimum atomic E-state index is -6.06. The van der Waals surface area contributed by atoms with Crippen LogP contribution in [0.5, 0.6) is 5.75 Å². The Morgan fingerprint density at radius 1 is 0.875 bits per heavy atom. The zero-order chi connectivity index (χ0) is 18.2. The molecule has 2 rings (SSSR count). The molecule has 0 bridgehead atoms. The zero-order valence-electron chi connectivity index (χ0n) is 12.2. The van der Waals surface area contributed by atoms with Crippen LogP contribution in [0.4, 0.5) is 26.3 Å². The molecular formula is C16H12F6O2. The van der Waals surface area contributed by atoms with Crippen molar-refractivity contribution in [2.45, 2.75) is 17.7 Å². The van der Waals surface area contributed by atoms with Crippen LogP contribution in [0.25, 0.3) is 0 Å². The van der Waals surface area contributed by atoms with Crippen molar-refractivity contribution in [3.05, 3.63) is 65.5 Å². The van der Waals surface area contributed by atoms with Crippen molar-refractivity contribution >= 4 is 0 Å². The van der Waals surface area contributed by atoms with Crippen LogP contribution in [0.2, 0.25) is 0 Å². The van der Waals surface area contributed by atoms with Crippen LogP contribution in [0.3, 0.4) is 0 Å². The Morgan fingerprint density at radius 3 is 1.92 bits per heavy atom. The summed E-state index contributed by atoms with van der Waals surface area (Å²) in [7, 11) is 1.07. The van der Waals surface area contributed by atoms with Crippen LogP contribution in [0, 0.1) is 5.82 Å². The van der Waals surface area contributed by atoms with E-state index < -0.39 is 34.6 Å². The van der Waals surface area contributed by atoms with E-state index in [1.165, 1.54) is 12.1 Å². The second-order valence-electron chi connectivity index (χ2n) is 4.99. The molecule has 2 aromatic carbocycles. The van der Waals surface area contributed by atoms with Gasteiger partial charge in [0.2, 0.25) is 0 Å². The van der Waals surface area contributed by atoms with Gasteiger partial charge in [-0.2, -0.15) is 22.0 Å². The van der Waals surface area contributed by atoms with Gasteiger partial charge in [-0.1, -0.05) is 30.3 Å². The lowest BCUT2D eigenvalue weighted by molar-refractivity contribution is -0.336. The summed E-state index contributed by atoms with van der Waals surface area (Å²) in [6.45, 7) is 0. The Hall–Kier alpha value is -2.22. The van der Waals surface area contributed by atoms with Gasteiger partial charge in [0.15, 0.2) is 5.60 Å². The fourth-order valence-corrected chi connectivity index (χ4v) is 2.35. The smallest absolute Gasteiger partial charge is 0.457 e. The summed E-state index contributed by atoms with van der Waals surface area (Å²) >= 11 is 0. The quantitative estimate of drug-likeness (QED) is 0.835. The number of benzene rings is 2. The lowest BCUT2D eigenvalue weighted by Gasteiger charge is -2.38. The van der Waals surface area contributed by atoms with E-state index in [0.29, 0.717) is 24.3 Å². The summed E-state index contributed by atoms with van der Waals surface area (Å²) in [4.78, 5) is 0. The maximum Gasteiger partial charge on any atom is 0.457 e. The highest BCUT2D eigenvalue weighted by atomic mass is 19.4. The number of ether oxygens (including phenoxy) is 1. The number of alkyl halides is 5. The molecule has 1 atom stereocenters. The Morgan fingerprint density at radius 2 is 1.42 bits per heavy atom. The SMILES string of the molecule is COc1ccccc1C(O)(c1ccc(F)cc1)C(F)(F)C(F)(F)F. The topological polar surface area (TPSA) is 29.5 Å². The molecule has 0 aliphatic carbocycles. The summed E-state index contributed by atoms with van der Waals surface area (Å²) in [5, 5.41) is 10.5. The number of hydrogen-bond acceptors (Lipinski definition) is 2. The lowest BCUT2D eigenvalue weighted by Crippen LogP contribution is -2.55. The van der Waals surface area contributed by atoms with E-state index in [1.54, 1.807) is 0 Å². The molecule has 2 nitrogen and oxygen atoms in total. The van der Waals surface area contributed by atoms with Crippen molar-refractivity contribution in [2.75, 3.05) is 7.11 Å². The first-order valence-electron chi connectivity index (χ1n) is 6.62. The summed E-state index contributed by atoms with van der Waals surface area (Å²) in [5.41, 5.74) is -5.41. The van der Waals surface area contributed by atoms with Gasteiger partial charge in [-0.3, -0.25) is 0 Å². The van der Waals surface area contributed by atoms with E-state index in [-0.39, 0.29) is 5.75 Å². The van der Waals surface area contributed by atoms with Crippen molar-refractivity contribution in [3.8, 4) is 5.75 Å². The summed E-state index contributed by atoms with van der Waals surface area (Å²) < 4.78 is 85.3. The third-order valence-electron chi connectivity index (χ3n) is 3.57. The fraction of sp³-hybridized carbons (Fsp3) is 0.250. The van der Waals surface area contributed by atoms with Crippen molar-refractivity contribution in [3.63, 3.8) is 0 Å². The van der Waals surface area contributed by atoms with Gasteiger partial charge < -0.3 is 9.84 Å². The molecular weight excluding hydrogens is 338 g/mol. The van der Waals surface area contributed by atoms with Gasteiger partial charge in [0.1, 0.15) is 11.6 Å². The largest absolute Gasteiger partial charge is 0.496 e. The molecule has 1 unspecified atom stereocenters. The van der Waals surface area contributed by atoms with Gasteiger partial charge in [0.05, 0.1) is 7.11 Å². The number of halogens is 6. The van der Waals surface area contributed by atoms with E-state index in [1.807, 2.05) is 0 Å². The minimum Gasteiger partial charge on any atom is -0.496 e. The van der Waals surface area contributed by atoms with Crippen molar-refractivity contribution in [1.29, 1.82) is 0 Å². The van der Waals surface area contributed by atoms with E-state index in [4.69, 9.17) is 4.74 Å². The number of para-hydroxylation sites is 1. The maximum atomic E-state index is 14.2. The number of rotatable bonds is 4. The molecule has 0 radical (unpaired) electrons. The highest BCUT2D eigenvalue weighted by Crippen LogP contribution is 2.53. The van der Waals surface area contributed by atoms with E-state index >= 15 is 0 Å². The standard InChI is InChI=1S/C16H12F6O2/c1-24-13-5-3-2-4-12(13)14(23,15(18,19)16(20,21)22)10-6-8-11(17)9-7-10/h2-9,23H,1H3. The van der Waals surface area contributed by atoms with Crippen LogP contribution in [0.1, 0.15) is 11.1 Å². The van der Waals surface area contributed by atoms with Crippen molar-refractivity contribution in [1.82, 2.24) is 0 Å². The average molecular weight is 350 g/mol. The molecule has 0 amide bonds. The molecule has 0 heterocycles. The summed E-state index contributed by atoms with van der Waals surface area (Å²) in [6.07, 6.45) is -6.06. The van der Waals surface area contributed by atoms with Crippen LogP contribution < -0.4 is 4.74 Å². The molecule has 0 aliphatic heterocycles. The molecule has 0 spiro atoms. The van der Waals surface area contributed by atoms with Gasteiger partial charge in [-0.05, 0) is 23.8 Å². The molecule has 0 saturated heterocycles. The van der Waals surface area contributed by atoms with E-state index in [9.17, 15) is 31.4 Å². The van der Waals surface area contributed by atoms with Crippen LogP contribution in [-0.2, 0) is 5.60 Å². The molecule has 0 aliphatic rings. The molecule has 8 heteroatoms. The second kappa shape index (κ2) is 6.01. The van der Waals surface area contributed by atoms with Crippen molar-refractivity contribution in [2.24, 2.45) is 0 Å². The van der Waals surface area contributed by atoms with Gasteiger partial charge in [0, 0.05) is 5.56 Å². The summed E-state index contributed by atoms with van der Waals surface area (Å²) in [6, 6.07) is 7.25. The molecule has 130 valence electrons. The third-order valence-corrected chi connectivity index (χ3v) is 3.57. The number of methoxy groups -OCH3 is 1. The first kappa shape index (κ1) is 18.1. The van der Waals surface area contributed by atoms with E-state index in [0.717, 1.165) is 19.2 Å².